The summed E-state index contributed by atoms with van der Waals surface area (Å²) in [6.07, 6.45) is 0. The summed E-state index contributed by atoms with van der Waals surface area (Å²) in [6, 6.07) is 10.2. The van der Waals surface area contributed by atoms with Gasteiger partial charge in [0.1, 0.15) is 0 Å². The van der Waals surface area contributed by atoms with Crippen LogP contribution in [0.1, 0.15) is 0 Å². The van der Waals surface area contributed by atoms with Gasteiger partial charge in [0.15, 0.2) is 0 Å². The zero-order chi connectivity index (χ0) is 9.40. The van der Waals surface area contributed by atoms with E-state index in [1.165, 1.54) is 0 Å². The maximum atomic E-state index is 9.67. The number of hydrogen-bond donors (Lipinski definition) is 0. The van der Waals surface area contributed by atoms with Crippen LogP contribution in [0.4, 0.5) is 12.9 Å². The first-order valence-corrected chi connectivity index (χ1v) is 3.09. The minimum atomic E-state index is -3.67. The van der Waals surface area contributed by atoms with Crippen molar-refractivity contribution in [3.8, 4) is 5.75 Å². The average molecular weight is 214 g/mol. The Morgan fingerprint density at radius 1 is 1.23 bits per heavy atom. The monoisotopic (exact) mass is 214 g/mol. The molecule has 0 aliphatic carbocycles. The Balaban J connectivity index is 0. The predicted molar refractivity (Wildman–Crippen MR) is 40.9 cm³/mol. The molecule has 0 amide bonds. The zero-order valence-corrected chi connectivity index (χ0v) is 10.6. The largest absolute Gasteiger partial charge is 1.00 e. The molecule has 1 aromatic rings. The van der Waals surface area contributed by atoms with E-state index in [1.54, 1.807) is 7.11 Å². The summed E-state index contributed by atoms with van der Waals surface area (Å²) >= 11 is 0. The Hall–Kier alpha value is 0.511. The molecule has 0 heterocycles. The Kier molecular flexibility index (Phi) is 13.0. The number of methoxy groups -OCH3 is 1. The van der Waals surface area contributed by atoms with Crippen LogP contribution in [0.25, 0.3) is 0 Å². The van der Waals surface area contributed by atoms with E-state index >= 15 is 0 Å². The molecule has 0 spiro atoms. The molecule has 1 nitrogen and oxygen atoms in total. The fraction of sp³-hybridized carbons (Fsp3) is 0.143. The van der Waals surface area contributed by atoms with Gasteiger partial charge in [-0.2, -0.15) is 18.2 Å². The number of ether oxygens (including phenoxy) is 1. The van der Waals surface area contributed by atoms with Gasteiger partial charge in [0.25, 0.3) is 0 Å². The van der Waals surface area contributed by atoms with Crippen molar-refractivity contribution in [1.29, 1.82) is 0 Å². The van der Waals surface area contributed by atoms with Crippen LogP contribution < -0.4 is 56.1 Å². The van der Waals surface area contributed by atoms with Crippen molar-refractivity contribution >= 4 is 7.54 Å². The normalized spacial score (nSPS) is 7.38. The fourth-order valence-corrected chi connectivity index (χ4v) is 0.508. The van der Waals surface area contributed by atoms with Gasteiger partial charge >= 0.3 is 58.9 Å². The number of halogens is 3. The van der Waals surface area contributed by atoms with E-state index in [2.05, 4.69) is 6.07 Å². The van der Waals surface area contributed by atoms with Crippen LogP contribution in [0, 0.1) is 6.07 Å². The van der Waals surface area contributed by atoms with Crippen LogP contribution in [-0.2, 0) is 0 Å². The second-order valence-corrected chi connectivity index (χ2v) is 1.69. The molecule has 0 saturated heterocycles. The molecular weight excluding hydrogens is 207 g/mol. The molecular formula is C7H7BF3KO. The van der Waals surface area contributed by atoms with E-state index in [0.717, 1.165) is 5.75 Å². The second-order valence-electron chi connectivity index (χ2n) is 1.69. The third-order valence-electron chi connectivity index (χ3n) is 0.923. The van der Waals surface area contributed by atoms with Crippen LogP contribution in [0.3, 0.4) is 0 Å². The first-order valence-electron chi connectivity index (χ1n) is 3.09. The summed E-state index contributed by atoms with van der Waals surface area (Å²) in [5.41, 5.74) is 0. The molecule has 1 aromatic carbocycles. The van der Waals surface area contributed by atoms with Gasteiger partial charge in [-0.3, -0.25) is 12.9 Å². The molecule has 0 N–H and O–H groups in total. The predicted octanol–water partition coefficient (Wildman–Crippen LogP) is -0.621. The summed E-state index contributed by atoms with van der Waals surface area (Å²) in [5, 5.41) is 0. The summed E-state index contributed by atoms with van der Waals surface area (Å²) in [4.78, 5) is 0. The van der Waals surface area contributed by atoms with Crippen molar-refractivity contribution in [3.05, 3.63) is 30.3 Å². The van der Waals surface area contributed by atoms with E-state index in [9.17, 15) is 12.9 Å². The van der Waals surface area contributed by atoms with Crippen LogP contribution in [-0.4, -0.2) is 14.7 Å². The molecule has 6 heteroatoms. The smallest absolute Gasteiger partial charge is 0.522 e. The minimum absolute atomic E-state index is 0. The quantitative estimate of drug-likeness (QED) is 0.447. The van der Waals surface area contributed by atoms with Gasteiger partial charge in [-0.05, 0) is 0 Å². The Morgan fingerprint density at radius 2 is 1.62 bits per heavy atom. The fourth-order valence-electron chi connectivity index (χ4n) is 0.508. The molecule has 0 aliphatic heterocycles. The first kappa shape index (κ1) is 16.0. The second kappa shape index (κ2) is 10.6. The van der Waals surface area contributed by atoms with Gasteiger partial charge in [0.05, 0.1) is 7.11 Å². The Bertz CT molecular complexity index is 195. The molecule has 0 radical (unpaired) electrons. The van der Waals surface area contributed by atoms with Gasteiger partial charge in [0.2, 0.25) is 0 Å². The molecule has 0 bridgehead atoms. The van der Waals surface area contributed by atoms with Gasteiger partial charge in [0, 0.05) is 5.75 Å². The van der Waals surface area contributed by atoms with Crippen molar-refractivity contribution in [2.24, 2.45) is 0 Å². The molecule has 0 aromatic heterocycles. The molecule has 0 aliphatic rings. The van der Waals surface area contributed by atoms with Crippen molar-refractivity contribution in [3.63, 3.8) is 0 Å². The SMILES string of the molecule is COc1cc[c-]cc1.FB(F)F.[K+]. The molecule has 0 atom stereocenters. The minimum Gasteiger partial charge on any atom is -0.522 e. The van der Waals surface area contributed by atoms with E-state index in [0.29, 0.717) is 0 Å². The maximum Gasteiger partial charge on any atom is 1.00 e. The summed E-state index contributed by atoms with van der Waals surface area (Å²) < 4.78 is 33.9. The van der Waals surface area contributed by atoms with Crippen molar-refractivity contribution in [1.82, 2.24) is 0 Å². The van der Waals surface area contributed by atoms with Crippen LogP contribution in [0.15, 0.2) is 24.3 Å². The van der Waals surface area contributed by atoms with Crippen LogP contribution in [0.2, 0.25) is 0 Å². The Labute approximate surface area is 118 Å². The average Bonchev–Trinajstić information content (AvgIpc) is 2.05. The number of hydrogen-bond acceptors (Lipinski definition) is 1. The molecule has 0 fully saturated rings. The topological polar surface area (TPSA) is 9.23 Å². The van der Waals surface area contributed by atoms with Crippen LogP contribution in [0.5, 0.6) is 5.75 Å². The van der Waals surface area contributed by atoms with Gasteiger partial charge in [-0.15, -0.1) is 12.1 Å². The van der Waals surface area contributed by atoms with E-state index in [-0.39, 0.29) is 51.4 Å². The van der Waals surface area contributed by atoms with E-state index < -0.39 is 7.54 Å². The van der Waals surface area contributed by atoms with E-state index in [4.69, 9.17) is 4.74 Å². The summed E-state index contributed by atoms with van der Waals surface area (Å²) in [5.74, 6) is 0.878. The number of benzene rings is 1. The van der Waals surface area contributed by atoms with Gasteiger partial charge < -0.3 is 4.74 Å². The molecule has 13 heavy (non-hydrogen) atoms. The van der Waals surface area contributed by atoms with Crippen molar-refractivity contribution in [2.45, 2.75) is 0 Å². The zero-order valence-electron chi connectivity index (χ0n) is 7.43. The summed E-state index contributed by atoms with van der Waals surface area (Å²) in [7, 11) is -2.02. The van der Waals surface area contributed by atoms with Crippen LogP contribution >= 0.6 is 0 Å². The molecule has 0 saturated carbocycles. The molecule has 66 valence electrons. The summed E-state index contributed by atoms with van der Waals surface area (Å²) in [6.45, 7) is 0. The molecule has 0 unspecified atom stereocenters. The van der Waals surface area contributed by atoms with Gasteiger partial charge in [-0.25, -0.2) is 0 Å². The first-order chi connectivity index (χ1) is 5.66. The van der Waals surface area contributed by atoms with E-state index in [1.807, 2.05) is 24.3 Å². The maximum absolute atomic E-state index is 9.67. The third-order valence-corrected chi connectivity index (χ3v) is 0.923. The standard InChI is InChI=1S/C7H7O.BF3.K/c1-8-7-5-3-2-4-6-7;2-1(3)4;/h3-6H,1H3;;/q-1;;+1. The van der Waals surface area contributed by atoms with Gasteiger partial charge in [-0.1, -0.05) is 0 Å². The number of rotatable bonds is 1. The Morgan fingerprint density at radius 3 is 1.85 bits per heavy atom. The molecule has 1 rings (SSSR count). The third kappa shape index (κ3) is 12.5. The van der Waals surface area contributed by atoms with Crippen molar-refractivity contribution in [2.75, 3.05) is 7.11 Å². The van der Waals surface area contributed by atoms with Crippen molar-refractivity contribution < 1.29 is 69.1 Å².